The Morgan fingerprint density at radius 3 is 2.29 bits per heavy atom. The molecule has 2 aliphatic rings. The molecule has 0 aliphatic carbocycles. The van der Waals surface area contributed by atoms with Crippen LogP contribution in [0.15, 0.2) is 29.2 Å². The third-order valence-corrected chi connectivity index (χ3v) is 6.82. The fraction of sp³-hybridized carbons (Fsp3) is 0.650. The lowest BCUT2D eigenvalue weighted by Crippen LogP contribution is -2.40. The van der Waals surface area contributed by atoms with Crippen LogP contribution >= 0.6 is 46.6 Å². The van der Waals surface area contributed by atoms with Gasteiger partial charge in [0.2, 0.25) is 3.79 Å². The SMILES string of the molecule is O=C(OCC(Cl)(Cl)Cl)N1CCC(Sc2ccc(CN3CCCCC3)cc2)CC1. The molecule has 3 rings (SSSR count). The number of piperidine rings is 2. The van der Waals surface area contributed by atoms with Crippen molar-refractivity contribution >= 4 is 52.7 Å². The second-order valence-electron chi connectivity index (χ2n) is 7.45. The monoisotopic (exact) mass is 464 g/mol. The fourth-order valence-corrected chi connectivity index (χ4v) is 4.92. The van der Waals surface area contributed by atoms with Crippen LogP contribution in [0.3, 0.4) is 0 Å². The Balaban J connectivity index is 1.40. The van der Waals surface area contributed by atoms with Crippen LogP contribution in [0.5, 0.6) is 0 Å². The number of hydrogen-bond donors (Lipinski definition) is 0. The Bertz CT molecular complexity index is 625. The summed E-state index contributed by atoms with van der Waals surface area (Å²) in [5.41, 5.74) is 1.39. The second-order valence-corrected chi connectivity index (χ2v) is 11.3. The predicted molar refractivity (Wildman–Crippen MR) is 118 cm³/mol. The molecule has 0 atom stereocenters. The van der Waals surface area contributed by atoms with Crippen molar-refractivity contribution in [2.45, 2.75) is 52.6 Å². The van der Waals surface area contributed by atoms with E-state index in [0.29, 0.717) is 18.3 Å². The highest BCUT2D eigenvalue weighted by atomic mass is 35.6. The highest BCUT2D eigenvalue weighted by Crippen LogP contribution is 2.31. The number of rotatable bonds is 5. The van der Waals surface area contributed by atoms with E-state index >= 15 is 0 Å². The van der Waals surface area contributed by atoms with Gasteiger partial charge in [-0.25, -0.2) is 4.79 Å². The molecule has 2 saturated heterocycles. The van der Waals surface area contributed by atoms with Crippen molar-refractivity contribution < 1.29 is 9.53 Å². The number of ether oxygens (including phenoxy) is 1. The first kappa shape index (κ1) is 22.4. The predicted octanol–water partition coefficient (Wildman–Crippen LogP) is 5.74. The maximum atomic E-state index is 12.0. The van der Waals surface area contributed by atoms with Gasteiger partial charge in [0.25, 0.3) is 0 Å². The van der Waals surface area contributed by atoms with Crippen molar-refractivity contribution in [3.63, 3.8) is 0 Å². The van der Waals surface area contributed by atoms with E-state index in [-0.39, 0.29) is 6.61 Å². The van der Waals surface area contributed by atoms with E-state index in [2.05, 4.69) is 29.2 Å². The Morgan fingerprint density at radius 2 is 1.68 bits per heavy atom. The van der Waals surface area contributed by atoms with E-state index in [4.69, 9.17) is 39.5 Å². The molecular formula is C20H27Cl3N2O2S. The number of halogens is 3. The van der Waals surface area contributed by atoms with Crippen LogP contribution in [-0.4, -0.2) is 57.7 Å². The number of likely N-dealkylation sites (tertiary alicyclic amines) is 2. The quantitative estimate of drug-likeness (QED) is 0.519. The van der Waals surface area contributed by atoms with E-state index in [9.17, 15) is 4.79 Å². The van der Waals surface area contributed by atoms with Gasteiger partial charge in [-0.05, 0) is 56.5 Å². The maximum absolute atomic E-state index is 12.0. The first-order chi connectivity index (χ1) is 13.4. The molecule has 2 fully saturated rings. The first-order valence-electron chi connectivity index (χ1n) is 9.85. The number of benzene rings is 1. The van der Waals surface area contributed by atoms with Crippen molar-refractivity contribution in [1.82, 2.24) is 9.80 Å². The molecule has 1 aromatic carbocycles. The average molecular weight is 466 g/mol. The van der Waals surface area contributed by atoms with Gasteiger partial charge in [0.05, 0.1) is 0 Å². The standard InChI is InChI=1S/C20H27Cl3N2O2S/c21-20(22,23)15-27-19(26)25-12-8-18(9-13-25)28-17-6-4-16(5-7-17)14-24-10-2-1-3-11-24/h4-7,18H,1-3,8-15H2. The Kier molecular flexibility index (Phi) is 8.48. The zero-order chi connectivity index (χ0) is 20.0. The zero-order valence-electron chi connectivity index (χ0n) is 15.9. The number of amides is 1. The second kappa shape index (κ2) is 10.6. The topological polar surface area (TPSA) is 32.8 Å². The molecule has 2 heterocycles. The Morgan fingerprint density at radius 1 is 1.04 bits per heavy atom. The molecule has 0 saturated carbocycles. The number of carbonyl (C=O) groups excluding carboxylic acids is 1. The molecule has 0 spiro atoms. The number of hydrogen-bond acceptors (Lipinski definition) is 4. The van der Waals surface area contributed by atoms with Crippen molar-refractivity contribution in [3.05, 3.63) is 29.8 Å². The summed E-state index contributed by atoms with van der Waals surface area (Å²) in [5.74, 6) is 0. The molecule has 1 aromatic rings. The molecule has 8 heteroatoms. The van der Waals surface area contributed by atoms with Gasteiger partial charge >= 0.3 is 6.09 Å². The summed E-state index contributed by atoms with van der Waals surface area (Å²) in [7, 11) is 0. The van der Waals surface area contributed by atoms with E-state index < -0.39 is 9.89 Å². The molecule has 0 unspecified atom stereocenters. The van der Waals surface area contributed by atoms with Gasteiger partial charge in [-0.15, -0.1) is 11.8 Å². The summed E-state index contributed by atoms with van der Waals surface area (Å²) in [6.45, 7) is 4.61. The molecule has 28 heavy (non-hydrogen) atoms. The molecular weight excluding hydrogens is 439 g/mol. The van der Waals surface area contributed by atoms with Gasteiger partial charge in [-0.2, -0.15) is 0 Å². The Hall–Kier alpha value is -0.330. The van der Waals surface area contributed by atoms with E-state index in [0.717, 1.165) is 19.4 Å². The molecule has 0 bridgehead atoms. The van der Waals surface area contributed by atoms with Crippen LogP contribution in [0.25, 0.3) is 0 Å². The minimum atomic E-state index is -1.57. The van der Waals surface area contributed by atoms with Crippen LogP contribution < -0.4 is 0 Å². The molecule has 2 aliphatic heterocycles. The third kappa shape index (κ3) is 7.49. The van der Waals surface area contributed by atoms with Gasteiger partial charge < -0.3 is 9.64 Å². The molecule has 0 radical (unpaired) electrons. The third-order valence-electron chi connectivity index (χ3n) is 5.14. The number of carbonyl (C=O) groups is 1. The van der Waals surface area contributed by atoms with Crippen LogP contribution in [0.2, 0.25) is 0 Å². The fourth-order valence-electron chi connectivity index (χ4n) is 3.63. The lowest BCUT2D eigenvalue weighted by atomic mass is 10.1. The lowest BCUT2D eigenvalue weighted by Gasteiger charge is -2.31. The number of thioether (sulfide) groups is 1. The van der Waals surface area contributed by atoms with Crippen LogP contribution in [0, 0.1) is 0 Å². The van der Waals surface area contributed by atoms with E-state index in [1.165, 1.54) is 42.8 Å². The summed E-state index contributed by atoms with van der Waals surface area (Å²) in [6.07, 6.45) is 5.48. The first-order valence-corrected chi connectivity index (χ1v) is 11.9. The number of nitrogens with zero attached hydrogens (tertiary/aromatic N) is 2. The van der Waals surface area contributed by atoms with Gasteiger partial charge in [0, 0.05) is 29.8 Å². The molecule has 156 valence electrons. The van der Waals surface area contributed by atoms with Gasteiger partial charge in [0.1, 0.15) is 6.61 Å². The highest BCUT2D eigenvalue weighted by molar-refractivity contribution is 8.00. The summed E-state index contributed by atoms with van der Waals surface area (Å²) >= 11 is 18.8. The largest absolute Gasteiger partial charge is 0.445 e. The average Bonchev–Trinajstić information content (AvgIpc) is 2.68. The van der Waals surface area contributed by atoms with Crippen molar-refractivity contribution in [2.75, 3.05) is 32.8 Å². The summed E-state index contributed by atoms with van der Waals surface area (Å²) in [6, 6.07) is 8.96. The Labute approximate surface area is 186 Å². The molecule has 4 nitrogen and oxygen atoms in total. The van der Waals surface area contributed by atoms with Crippen LogP contribution in [0.1, 0.15) is 37.7 Å². The smallest absolute Gasteiger partial charge is 0.409 e. The molecule has 0 N–H and O–H groups in total. The van der Waals surface area contributed by atoms with Gasteiger partial charge in [-0.3, -0.25) is 4.90 Å². The van der Waals surface area contributed by atoms with Crippen molar-refractivity contribution in [2.24, 2.45) is 0 Å². The summed E-state index contributed by atoms with van der Waals surface area (Å²) < 4.78 is 3.49. The van der Waals surface area contributed by atoms with Crippen LogP contribution in [0.4, 0.5) is 4.79 Å². The minimum absolute atomic E-state index is 0.227. The van der Waals surface area contributed by atoms with Gasteiger partial charge in [0.15, 0.2) is 0 Å². The zero-order valence-corrected chi connectivity index (χ0v) is 19.0. The summed E-state index contributed by atoms with van der Waals surface area (Å²) in [4.78, 5) is 17.6. The van der Waals surface area contributed by atoms with Crippen molar-refractivity contribution in [3.8, 4) is 0 Å². The van der Waals surface area contributed by atoms with E-state index in [1.807, 2.05) is 11.8 Å². The van der Waals surface area contributed by atoms with Crippen molar-refractivity contribution in [1.29, 1.82) is 0 Å². The van der Waals surface area contributed by atoms with Gasteiger partial charge in [-0.1, -0.05) is 53.4 Å². The molecule has 1 amide bonds. The maximum Gasteiger partial charge on any atom is 0.409 e. The lowest BCUT2D eigenvalue weighted by molar-refractivity contribution is 0.0975. The minimum Gasteiger partial charge on any atom is -0.445 e. The normalized spacial score (nSPS) is 19.6. The van der Waals surface area contributed by atoms with Crippen LogP contribution in [-0.2, 0) is 11.3 Å². The number of alkyl halides is 3. The summed E-state index contributed by atoms with van der Waals surface area (Å²) in [5, 5.41) is 0.505. The molecule has 0 aromatic heterocycles. The van der Waals surface area contributed by atoms with E-state index in [1.54, 1.807) is 4.90 Å². The highest BCUT2D eigenvalue weighted by Gasteiger charge is 2.27.